The molecule has 1 aromatic heterocycles. The van der Waals surface area contributed by atoms with Gasteiger partial charge in [0, 0.05) is 38.1 Å². The molecule has 1 aliphatic rings. The van der Waals surface area contributed by atoms with Crippen LogP contribution < -0.4 is 0 Å². The molecule has 0 radical (unpaired) electrons. The second-order valence-corrected chi connectivity index (χ2v) is 5.84. The monoisotopic (exact) mass is 367 g/mol. The fraction of sp³-hybridized carbons (Fsp3) is 0.538. The van der Waals surface area contributed by atoms with Crippen LogP contribution >= 0.6 is 15.9 Å². The van der Waals surface area contributed by atoms with Crippen LogP contribution in [0.3, 0.4) is 0 Å². The summed E-state index contributed by atoms with van der Waals surface area (Å²) >= 11 is 3.13. The van der Waals surface area contributed by atoms with E-state index in [1.165, 1.54) is 12.1 Å². The van der Waals surface area contributed by atoms with Crippen LogP contribution in [0.5, 0.6) is 0 Å². The molecule has 2 atom stereocenters. The molecule has 0 saturated heterocycles. The van der Waals surface area contributed by atoms with Crippen LogP contribution in [0, 0.1) is 11.7 Å². The lowest BCUT2D eigenvalue weighted by Crippen LogP contribution is -2.24. The molecule has 0 saturated carbocycles. The Kier molecular flexibility index (Phi) is 4.85. The van der Waals surface area contributed by atoms with Crippen molar-refractivity contribution in [1.29, 1.82) is 0 Å². The van der Waals surface area contributed by atoms with E-state index in [2.05, 4.69) is 26.0 Å². The molecule has 2 unspecified atom stereocenters. The minimum atomic E-state index is -4.28. The molecule has 2 rings (SSSR count). The Labute approximate surface area is 128 Å². The van der Waals surface area contributed by atoms with E-state index in [9.17, 15) is 17.6 Å². The lowest BCUT2D eigenvalue weighted by molar-refractivity contribution is -0.136. The van der Waals surface area contributed by atoms with E-state index in [-0.39, 0.29) is 18.0 Å². The van der Waals surface area contributed by atoms with Gasteiger partial charge < -0.3 is 0 Å². The maximum Gasteiger partial charge on any atom is 0.389 e. The first-order valence-corrected chi connectivity index (χ1v) is 7.19. The van der Waals surface area contributed by atoms with Crippen LogP contribution in [0.4, 0.5) is 17.6 Å². The first-order valence-electron chi connectivity index (χ1n) is 6.40. The topological polar surface area (TPSA) is 28.5 Å². The van der Waals surface area contributed by atoms with Gasteiger partial charge in [-0.1, -0.05) is 0 Å². The molecule has 0 aromatic carbocycles. The Hall–Kier alpha value is -1.18. The average molecular weight is 368 g/mol. The zero-order valence-corrected chi connectivity index (χ0v) is 12.8. The van der Waals surface area contributed by atoms with Crippen molar-refractivity contribution in [1.82, 2.24) is 9.99 Å². The molecule has 0 bridgehead atoms. The summed E-state index contributed by atoms with van der Waals surface area (Å²) in [5, 5.41) is 5.65. The van der Waals surface area contributed by atoms with E-state index < -0.39 is 24.3 Å². The van der Waals surface area contributed by atoms with Crippen LogP contribution in [0.15, 0.2) is 21.8 Å². The first kappa shape index (κ1) is 16.2. The van der Waals surface area contributed by atoms with Gasteiger partial charge in [-0.25, -0.2) is 9.37 Å². The zero-order chi connectivity index (χ0) is 15.6. The highest BCUT2D eigenvalue weighted by Crippen LogP contribution is 2.35. The molecule has 1 aliphatic heterocycles. The second-order valence-electron chi connectivity index (χ2n) is 5.03. The first-order chi connectivity index (χ1) is 9.76. The average Bonchev–Trinajstić information content (AvgIpc) is 2.79. The van der Waals surface area contributed by atoms with Crippen molar-refractivity contribution in [3.63, 3.8) is 0 Å². The highest BCUT2D eigenvalue weighted by atomic mass is 79.9. The van der Waals surface area contributed by atoms with Gasteiger partial charge in [0.25, 0.3) is 0 Å². The van der Waals surface area contributed by atoms with Crippen LogP contribution in [-0.4, -0.2) is 36.0 Å². The lowest BCUT2D eigenvalue weighted by Gasteiger charge is -2.23. The van der Waals surface area contributed by atoms with Crippen molar-refractivity contribution in [2.45, 2.75) is 24.9 Å². The van der Waals surface area contributed by atoms with Crippen LogP contribution in [-0.2, 0) is 0 Å². The van der Waals surface area contributed by atoms with Crippen LogP contribution in [0.25, 0.3) is 0 Å². The van der Waals surface area contributed by atoms with E-state index in [4.69, 9.17) is 0 Å². The normalized spacial score (nSPS) is 20.1. The number of aromatic nitrogens is 1. The van der Waals surface area contributed by atoms with E-state index in [1.807, 2.05) is 0 Å². The summed E-state index contributed by atoms with van der Waals surface area (Å²) in [4.78, 5) is 4.04. The third kappa shape index (κ3) is 4.39. The fourth-order valence-electron chi connectivity index (χ4n) is 2.40. The molecule has 0 fully saturated rings. The molecule has 0 aliphatic carbocycles. The summed E-state index contributed by atoms with van der Waals surface area (Å²) in [7, 11) is 1.72. The largest absolute Gasteiger partial charge is 0.389 e. The quantitative estimate of drug-likeness (QED) is 0.595. The molecule has 2 heterocycles. The maximum absolute atomic E-state index is 14.0. The molecular formula is C13H14BrF4N3. The maximum atomic E-state index is 14.0. The van der Waals surface area contributed by atoms with Crippen molar-refractivity contribution in [2.24, 2.45) is 11.0 Å². The molecule has 1 aromatic rings. The zero-order valence-electron chi connectivity index (χ0n) is 11.2. The number of hydrazone groups is 1. The lowest BCUT2D eigenvalue weighted by atomic mass is 9.86. The minimum absolute atomic E-state index is 0.0559. The number of alkyl halides is 3. The van der Waals surface area contributed by atoms with Crippen molar-refractivity contribution in [3.05, 3.63) is 28.2 Å². The van der Waals surface area contributed by atoms with Crippen molar-refractivity contribution >= 4 is 22.1 Å². The Morgan fingerprint density at radius 1 is 1.43 bits per heavy atom. The van der Waals surface area contributed by atoms with E-state index >= 15 is 0 Å². The van der Waals surface area contributed by atoms with Gasteiger partial charge in [-0.2, -0.15) is 18.3 Å². The number of hydrogen-bond acceptors (Lipinski definition) is 3. The molecule has 21 heavy (non-hydrogen) atoms. The number of nitrogens with zero attached hydrogens (tertiary/aromatic N) is 3. The van der Waals surface area contributed by atoms with Gasteiger partial charge in [0.15, 0.2) is 0 Å². The SMILES string of the molecule is CN1CC(C(CCC(F)(F)F)c2nc(Br)ccc2F)C=N1. The molecule has 3 nitrogen and oxygen atoms in total. The van der Waals surface area contributed by atoms with Gasteiger partial charge >= 0.3 is 6.18 Å². The van der Waals surface area contributed by atoms with Gasteiger partial charge in [-0.05, 0) is 34.5 Å². The fourth-order valence-corrected chi connectivity index (χ4v) is 2.72. The standard InChI is InChI=1S/C13H14BrF4N3/c1-21-7-8(6-19-21)9(4-5-13(16,17)18)12-10(15)2-3-11(14)20-12/h2-3,6,8-9H,4-5,7H2,1H3. The Bertz CT molecular complexity index is 533. The molecule has 8 heteroatoms. The Morgan fingerprint density at radius 2 is 2.14 bits per heavy atom. The number of hydrogen-bond donors (Lipinski definition) is 0. The van der Waals surface area contributed by atoms with Gasteiger partial charge in [-0.3, -0.25) is 5.01 Å². The number of halogens is 5. The van der Waals surface area contributed by atoms with Crippen LogP contribution in [0.1, 0.15) is 24.5 Å². The highest BCUT2D eigenvalue weighted by molar-refractivity contribution is 9.10. The second kappa shape index (κ2) is 6.29. The van der Waals surface area contributed by atoms with Gasteiger partial charge in [0.05, 0.1) is 5.69 Å². The molecule has 0 amide bonds. The van der Waals surface area contributed by atoms with Crippen molar-refractivity contribution in [3.8, 4) is 0 Å². The van der Waals surface area contributed by atoms with E-state index in [0.717, 1.165) is 0 Å². The van der Waals surface area contributed by atoms with Crippen molar-refractivity contribution in [2.75, 3.05) is 13.6 Å². The summed E-state index contributed by atoms with van der Waals surface area (Å²) in [6.07, 6.45) is -3.89. The van der Waals surface area contributed by atoms with Crippen molar-refractivity contribution < 1.29 is 17.6 Å². The molecule has 116 valence electrons. The molecule has 0 spiro atoms. The summed E-state index contributed by atoms with van der Waals surface area (Å²) in [6.45, 7) is 0.455. The third-order valence-electron chi connectivity index (χ3n) is 3.38. The summed E-state index contributed by atoms with van der Waals surface area (Å²) in [5.74, 6) is -1.53. The van der Waals surface area contributed by atoms with Gasteiger partial charge in [0.1, 0.15) is 10.4 Å². The minimum Gasteiger partial charge on any atom is -0.300 e. The molecule has 0 N–H and O–H groups in total. The smallest absolute Gasteiger partial charge is 0.300 e. The number of rotatable bonds is 4. The molecular weight excluding hydrogens is 354 g/mol. The predicted octanol–water partition coefficient (Wildman–Crippen LogP) is 3.96. The van der Waals surface area contributed by atoms with E-state index in [0.29, 0.717) is 11.1 Å². The Balaban J connectivity index is 2.26. The van der Waals surface area contributed by atoms with Gasteiger partial charge in [-0.15, -0.1) is 0 Å². The van der Waals surface area contributed by atoms with Gasteiger partial charge in [0.2, 0.25) is 0 Å². The number of pyridine rings is 1. The third-order valence-corrected chi connectivity index (χ3v) is 3.82. The summed E-state index contributed by atoms with van der Waals surface area (Å²) in [6, 6.07) is 2.64. The van der Waals surface area contributed by atoms with Crippen LogP contribution in [0.2, 0.25) is 0 Å². The Morgan fingerprint density at radius 3 is 2.71 bits per heavy atom. The summed E-state index contributed by atoms with van der Waals surface area (Å²) < 4.78 is 51.9. The predicted molar refractivity (Wildman–Crippen MR) is 74.5 cm³/mol. The van der Waals surface area contributed by atoms with E-state index in [1.54, 1.807) is 18.3 Å². The highest BCUT2D eigenvalue weighted by Gasteiger charge is 2.34. The summed E-state index contributed by atoms with van der Waals surface area (Å²) in [5.41, 5.74) is 0.0559.